The summed E-state index contributed by atoms with van der Waals surface area (Å²) in [5, 5.41) is 9.65. The third-order valence-electron chi connectivity index (χ3n) is 7.38. The van der Waals surface area contributed by atoms with Crippen LogP contribution in [0.3, 0.4) is 0 Å². The molecule has 0 N–H and O–H groups in total. The summed E-state index contributed by atoms with van der Waals surface area (Å²) in [4.78, 5) is 4.80. The molecule has 0 unspecified atom stereocenters. The van der Waals surface area contributed by atoms with Gasteiger partial charge in [0.05, 0.1) is 5.52 Å². The number of rotatable bonds is 4. The monoisotopic (exact) mass is 521 g/mol. The molecule has 0 bridgehead atoms. The highest BCUT2D eigenvalue weighted by Crippen LogP contribution is 2.44. The van der Waals surface area contributed by atoms with Crippen molar-refractivity contribution in [2.75, 3.05) is 0 Å². The van der Waals surface area contributed by atoms with Crippen LogP contribution in [0.1, 0.15) is 0 Å². The van der Waals surface area contributed by atoms with Gasteiger partial charge in [-0.1, -0.05) is 139 Å². The maximum absolute atomic E-state index is 6.56. The average molecular weight is 522 g/mol. The van der Waals surface area contributed by atoms with E-state index < -0.39 is 6.04 Å². The van der Waals surface area contributed by atoms with E-state index in [0.29, 0.717) is 0 Å². The van der Waals surface area contributed by atoms with E-state index in [1.807, 2.05) is 12.3 Å². The average Bonchev–Trinajstić information content (AvgIpc) is 3.01. The van der Waals surface area contributed by atoms with E-state index in [2.05, 4.69) is 133 Å². The molecule has 1 heterocycles. The van der Waals surface area contributed by atoms with E-state index >= 15 is 0 Å². The normalized spacial score (nSPS) is 11.8. The zero-order valence-electron chi connectivity index (χ0n) is 20.7. The molecule has 3 heteroatoms. The van der Waals surface area contributed by atoms with Gasteiger partial charge in [0.15, 0.2) is 0 Å². The van der Waals surface area contributed by atoms with E-state index in [0.717, 1.165) is 10.9 Å². The lowest BCUT2D eigenvalue weighted by molar-refractivity contribution is 1.43. The Morgan fingerprint density at radius 3 is 1.82 bits per heavy atom. The van der Waals surface area contributed by atoms with E-state index in [1.165, 1.54) is 48.6 Å². The second-order valence-corrected chi connectivity index (χ2v) is 13.9. The Bertz CT molecular complexity index is 1920. The summed E-state index contributed by atoms with van der Waals surface area (Å²) >= 11 is 6.56. The fourth-order valence-corrected chi connectivity index (χ4v) is 9.28. The van der Waals surface area contributed by atoms with Gasteiger partial charge in [-0.2, -0.15) is 0 Å². The van der Waals surface area contributed by atoms with Crippen LogP contribution < -0.4 is 15.9 Å². The van der Waals surface area contributed by atoms with Crippen LogP contribution in [0.2, 0.25) is 0 Å². The lowest BCUT2D eigenvalue weighted by atomic mass is 9.92. The van der Waals surface area contributed by atoms with Gasteiger partial charge in [-0.25, -0.2) is 0 Å². The minimum Gasteiger partial charge on any atom is -0.256 e. The Hall–Kier alpha value is -4.10. The summed E-state index contributed by atoms with van der Waals surface area (Å²) in [5.41, 5.74) is 3.44. The van der Waals surface area contributed by atoms with E-state index in [-0.39, 0.29) is 0 Å². The summed E-state index contributed by atoms with van der Waals surface area (Å²) in [7, 11) is 0. The lowest BCUT2D eigenvalue weighted by Gasteiger charge is -2.24. The van der Waals surface area contributed by atoms with Crippen LogP contribution >= 0.6 is 6.04 Å². The van der Waals surface area contributed by atoms with Crippen LogP contribution in [-0.4, -0.2) is 4.98 Å². The van der Waals surface area contributed by atoms with Gasteiger partial charge in [-0.3, -0.25) is 4.98 Å². The summed E-state index contributed by atoms with van der Waals surface area (Å²) in [6, 6.07) is 47.5. The Kier molecular flexibility index (Phi) is 5.66. The van der Waals surface area contributed by atoms with Crippen LogP contribution in [0.4, 0.5) is 0 Å². The van der Waals surface area contributed by atoms with Gasteiger partial charge in [0, 0.05) is 23.0 Å². The molecule has 0 aliphatic carbocycles. The first kappa shape index (κ1) is 23.0. The Morgan fingerprint density at radius 1 is 0.500 bits per heavy atom. The van der Waals surface area contributed by atoms with Crippen molar-refractivity contribution >= 4 is 66.2 Å². The number of pyridine rings is 1. The highest BCUT2D eigenvalue weighted by molar-refractivity contribution is 8.25. The largest absolute Gasteiger partial charge is 0.256 e. The third-order valence-corrected chi connectivity index (χ3v) is 12.3. The molecule has 6 aromatic carbocycles. The molecule has 0 aliphatic heterocycles. The first-order valence-corrected chi connectivity index (χ1v) is 15.6. The molecule has 0 fully saturated rings. The smallest absolute Gasteiger partial charge is 0.0786 e. The molecule has 0 radical (unpaired) electrons. The molecule has 1 aromatic heterocycles. The van der Waals surface area contributed by atoms with Crippen molar-refractivity contribution in [3.8, 4) is 11.1 Å². The van der Waals surface area contributed by atoms with Crippen molar-refractivity contribution in [2.45, 2.75) is 0 Å². The zero-order chi connectivity index (χ0) is 25.5. The van der Waals surface area contributed by atoms with Gasteiger partial charge < -0.3 is 0 Å². The van der Waals surface area contributed by atoms with Gasteiger partial charge in [-0.15, -0.1) is 0 Å². The molecule has 7 aromatic rings. The number of nitrogens with zero attached hydrogens (tertiary/aromatic N) is 1. The van der Waals surface area contributed by atoms with Crippen LogP contribution in [0.15, 0.2) is 146 Å². The van der Waals surface area contributed by atoms with Crippen molar-refractivity contribution in [2.24, 2.45) is 0 Å². The fourth-order valence-electron chi connectivity index (χ4n) is 5.54. The van der Waals surface area contributed by atoms with Crippen molar-refractivity contribution in [3.63, 3.8) is 0 Å². The summed E-state index contributed by atoms with van der Waals surface area (Å²) in [5.74, 6) is 0. The van der Waals surface area contributed by atoms with Crippen molar-refractivity contribution in [3.05, 3.63) is 146 Å². The maximum atomic E-state index is 6.56. The predicted octanol–water partition coefficient (Wildman–Crippen LogP) is 7.96. The van der Waals surface area contributed by atoms with Crippen molar-refractivity contribution < 1.29 is 0 Å². The highest BCUT2D eigenvalue weighted by Gasteiger charge is 2.24. The number of hydrogen-bond donors (Lipinski definition) is 0. The molecule has 0 saturated carbocycles. The first-order chi connectivity index (χ1) is 18.7. The predicted molar refractivity (Wildman–Crippen MR) is 168 cm³/mol. The lowest BCUT2D eigenvalue weighted by Crippen LogP contribution is -2.24. The Balaban J connectivity index is 1.45. The topological polar surface area (TPSA) is 12.9 Å². The molecule has 0 amide bonds. The second kappa shape index (κ2) is 9.33. The quantitative estimate of drug-likeness (QED) is 0.172. The zero-order valence-corrected chi connectivity index (χ0v) is 22.4. The van der Waals surface area contributed by atoms with Crippen LogP contribution in [-0.2, 0) is 11.8 Å². The molecule has 180 valence electrons. The standard InChI is InChI=1S/C35H24NPS/c38-37(28-12-3-1-4-13-28,29-14-5-2-6-15-29)30-20-17-26(18-21-30)33-24-27-11-9-23-36-35(27)34-31-16-8-7-10-25(31)19-22-32(33)34/h1-24H. The van der Waals surface area contributed by atoms with Crippen molar-refractivity contribution in [1.29, 1.82) is 0 Å². The molecule has 0 saturated heterocycles. The molecule has 38 heavy (non-hydrogen) atoms. The number of benzene rings is 6. The molecule has 0 aliphatic rings. The molecular formula is C35H24NPS. The number of fused-ring (bicyclic) bond motifs is 5. The summed E-state index contributed by atoms with van der Waals surface area (Å²) < 4.78 is 0. The van der Waals surface area contributed by atoms with E-state index in [4.69, 9.17) is 16.8 Å². The summed E-state index contributed by atoms with van der Waals surface area (Å²) in [6.07, 6.45) is 1.89. The highest BCUT2D eigenvalue weighted by atomic mass is 32.4. The molecular weight excluding hydrogens is 497 g/mol. The summed E-state index contributed by atoms with van der Waals surface area (Å²) in [6.45, 7) is 0. The van der Waals surface area contributed by atoms with Gasteiger partial charge in [0.2, 0.25) is 0 Å². The third kappa shape index (κ3) is 3.69. The van der Waals surface area contributed by atoms with Gasteiger partial charge in [-0.05, 0) is 55.3 Å². The van der Waals surface area contributed by atoms with Gasteiger partial charge in [0.25, 0.3) is 0 Å². The van der Waals surface area contributed by atoms with Crippen molar-refractivity contribution in [1.82, 2.24) is 4.98 Å². The van der Waals surface area contributed by atoms with Gasteiger partial charge in [0.1, 0.15) is 0 Å². The molecule has 1 nitrogen and oxygen atoms in total. The van der Waals surface area contributed by atoms with E-state index in [9.17, 15) is 0 Å². The second-order valence-electron chi connectivity index (χ2n) is 9.54. The minimum atomic E-state index is -2.18. The maximum Gasteiger partial charge on any atom is 0.0786 e. The first-order valence-electron chi connectivity index (χ1n) is 12.7. The van der Waals surface area contributed by atoms with E-state index in [1.54, 1.807) is 0 Å². The number of hydrogen-bond acceptors (Lipinski definition) is 2. The molecule has 0 spiro atoms. The fraction of sp³-hybridized carbons (Fsp3) is 0. The SMILES string of the molecule is S=P(c1ccccc1)(c1ccccc1)c1ccc(-c2cc3cccnc3c3c2ccc2ccccc23)cc1. The molecule has 7 rings (SSSR count). The molecule has 0 atom stereocenters. The number of aromatic nitrogens is 1. The van der Waals surface area contributed by atoms with Crippen LogP contribution in [0.25, 0.3) is 43.6 Å². The van der Waals surface area contributed by atoms with Crippen LogP contribution in [0, 0.1) is 0 Å². The minimum absolute atomic E-state index is 1.04. The van der Waals surface area contributed by atoms with Gasteiger partial charge >= 0.3 is 0 Å². The van der Waals surface area contributed by atoms with Crippen LogP contribution in [0.5, 0.6) is 0 Å². The Labute approximate surface area is 227 Å². The Morgan fingerprint density at radius 2 is 1.11 bits per heavy atom.